The maximum Gasteiger partial charge on any atom is 0.167 e. The summed E-state index contributed by atoms with van der Waals surface area (Å²) in [7, 11) is 0. The van der Waals surface area contributed by atoms with Crippen LogP contribution in [0.3, 0.4) is 0 Å². The number of Topliss-reactive ketones (excluding diaryl/α,β-unsaturated/α-hetero) is 1. The number of phenols is 1. The van der Waals surface area contributed by atoms with E-state index in [1.54, 1.807) is 6.07 Å². The van der Waals surface area contributed by atoms with E-state index in [1.807, 2.05) is 13.8 Å². The Labute approximate surface area is 94.9 Å². The minimum atomic E-state index is 0.0204. The van der Waals surface area contributed by atoms with E-state index in [2.05, 4.69) is 0 Å². The molecule has 1 N–H and O–H groups in total. The molecule has 0 bridgehead atoms. The summed E-state index contributed by atoms with van der Waals surface area (Å²) in [6.45, 7) is 3.97. The Morgan fingerprint density at radius 3 is 2.47 bits per heavy atom. The molecular weight excluding hydrogens is 212 g/mol. The van der Waals surface area contributed by atoms with Crippen molar-refractivity contribution in [2.24, 2.45) is 5.92 Å². The zero-order chi connectivity index (χ0) is 11.4. The maximum absolute atomic E-state index is 12.0. The van der Waals surface area contributed by atoms with Crippen LogP contribution in [0, 0.1) is 5.92 Å². The lowest BCUT2D eigenvalue weighted by Gasteiger charge is -2.12. The molecule has 1 rings (SSSR count). The van der Waals surface area contributed by atoms with E-state index >= 15 is 0 Å². The number of phenolic OH excluding ortho intramolecular Hbond substituents is 1. The van der Waals surface area contributed by atoms with Gasteiger partial charge in [-0.3, -0.25) is 4.79 Å². The van der Waals surface area contributed by atoms with Crippen LogP contribution in [0.1, 0.15) is 37.0 Å². The third kappa shape index (κ3) is 2.72. The average Bonchev–Trinajstić information content (AvgIpc) is 2.19. The normalized spacial score (nSPS) is 10.7. The van der Waals surface area contributed by atoms with E-state index in [0.29, 0.717) is 10.6 Å². The summed E-state index contributed by atoms with van der Waals surface area (Å²) in [5.74, 6) is 0.165. The van der Waals surface area contributed by atoms with Gasteiger partial charge >= 0.3 is 0 Å². The van der Waals surface area contributed by atoms with Crippen LogP contribution < -0.4 is 0 Å². The van der Waals surface area contributed by atoms with Gasteiger partial charge in [-0.15, -0.1) is 0 Å². The fourth-order valence-electron chi connectivity index (χ4n) is 1.58. The fourth-order valence-corrected chi connectivity index (χ4v) is 1.85. The summed E-state index contributed by atoms with van der Waals surface area (Å²) in [4.78, 5) is 12.0. The van der Waals surface area contributed by atoms with Crippen LogP contribution in [0.15, 0.2) is 18.2 Å². The van der Waals surface area contributed by atoms with Crippen molar-refractivity contribution in [3.05, 3.63) is 28.8 Å². The van der Waals surface area contributed by atoms with Gasteiger partial charge < -0.3 is 5.11 Å². The number of hydrogen-bond donors (Lipinski definition) is 1. The van der Waals surface area contributed by atoms with E-state index in [9.17, 15) is 9.90 Å². The molecule has 0 saturated carbocycles. The van der Waals surface area contributed by atoms with Crippen molar-refractivity contribution in [2.45, 2.75) is 26.7 Å². The molecule has 0 aromatic heterocycles. The zero-order valence-corrected chi connectivity index (χ0v) is 9.71. The standard InChI is InChI=1S/C12H15ClO2/c1-3-8(4-2)12(15)10-6-5-9(14)7-11(10)13/h5-8,14H,3-4H2,1-2H3. The van der Waals surface area contributed by atoms with Crippen LogP contribution in [-0.4, -0.2) is 10.9 Å². The van der Waals surface area contributed by atoms with Crippen LogP contribution in [-0.2, 0) is 0 Å². The molecule has 0 atom stereocenters. The topological polar surface area (TPSA) is 37.3 Å². The average molecular weight is 227 g/mol. The van der Waals surface area contributed by atoms with Crippen molar-refractivity contribution in [1.29, 1.82) is 0 Å². The van der Waals surface area contributed by atoms with Crippen LogP contribution in [0.5, 0.6) is 5.75 Å². The number of carbonyl (C=O) groups is 1. The highest BCUT2D eigenvalue weighted by Crippen LogP contribution is 2.25. The van der Waals surface area contributed by atoms with Crippen molar-refractivity contribution >= 4 is 17.4 Å². The monoisotopic (exact) mass is 226 g/mol. The van der Waals surface area contributed by atoms with Gasteiger partial charge in [0.15, 0.2) is 5.78 Å². The first kappa shape index (κ1) is 12.1. The lowest BCUT2D eigenvalue weighted by molar-refractivity contribution is 0.0913. The minimum Gasteiger partial charge on any atom is -0.508 e. The van der Waals surface area contributed by atoms with Gasteiger partial charge in [0, 0.05) is 11.5 Å². The number of benzene rings is 1. The first-order valence-corrected chi connectivity index (χ1v) is 5.50. The summed E-state index contributed by atoms with van der Waals surface area (Å²) in [6, 6.07) is 4.47. The zero-order valence-electron chi connectivity index (χ0n) is 8.96. The molecule has 0 aliphatic rings. The first-order valence-electron chi connectivity index (χ1n) is 5.12. The van der Waals surface area contributed by atoms with E-state index in [-0.39, 0.29) is 17.5 Å². The molecule has 0 amide bonds. The Balaban J connectivity index is 3.00. The molecule has 0 heterocycles. The van der Waals surface area contributed by atoms with Gasteiger partial charge in [0.1, 0.15) is 5.75 Å². The molecule has 0 aliphatic heterocycles. The third-order valence-electron chi connectivity index (χ3n) is 2.57. The Bertz CT molecular complexity index is 357. The quantitative estimate of drug-likeness (QED) is 0.796. The Kier molecular flexibility index (Phi) is 4.15. The molecule has 15 heavy (non-hydrogen) atoms. The SMILES string of the molecule is CCC(CC)C(=O)c1ccc(O)cc1Cl. The molecule has 1 aromatic rings. The highest BCUT2D eigenvalue weighted by molar-refractivity contribution is 6.34. The van der Waals surface area contributed by atoms with E-state index < -0.39 is 0 Å². The molecule has 82 valence electrons. The van der Waals surface area contributed by atoms with Crippen molar-refractivity contribution in [3.8, 4) is 5.75 Å². The molecule has 3 heteroatoms. The van der Waals surface area contributed by atoms with Crippen molar-refractivity contribution in [3.63, 3.8) is 0 Å². The van der Waals surface area contributed by atoms with Crippen LogP contribution in [0.4, 0.5) is 0 Å². The minimum absolute atomic E-state index is 0.0204. The summed E-state index contributed by atoms with van der Waals surface area (Å²) in [6.07, 6.45) is 1.62. The second-order valence-electron chi connectivity index (χ2n) is 3.54. The molecule has 0 unspecified atom stereocenters. The van der Waals surface area contributed by atoms with Crippen LogP contribution in [0.25, 0.3) is 0 Å². The third-order valence-corrected chi connectivity index (χ3v) is 2.89. The number of aromatic hydroxyl groups is 1. The molecule has 0 spiro atoms. The van der Waals surface area contributed by atoms with Crippen molar-refractivity contribution in [2.75, 3.05) is 0 Å². The highest BCUT2D eigenvalue weighted by atomic mass is 35.5. The van der Waals surface area contributed by atoms with Crippen molar-refractivity contribution in [1.82, 2.24) is 0 Å². The maximum atomic E-state index is 12.0. The molecule has 0 aliphatic carbocycles. The fraction of sp³-hybridized carbons (Fsp3) is 0.417. The van der Waals surface area contributed by atoms with Gasteiger partial charge in [0.05, 0.1) is 5.02 Å². The lowest BCUT2D eigenvalue weighted by atomic mass is 9.93. The number of rotatable bonds is 4. The van der Waals surface area contributed by atoms with Gasteiger partial charge in [0.25, 0.3) is 0 Å². The summed E-state index contributed by atoms with van der Waals surface area (Å²) in [5.41, 5.74) is 0.503. The molecule has 2 nitrogen and oxygen atoms in total. The number of hydrogen-bond acceptors (Lipinski definition) is 2. The molecule has 0 fully saturated rings. The number of carbonyl (C=O) groups excluding carboxylic acids is 1. The van der Waals surface area contributed by atoms with E-state index in [1.165, 1.54) is 12.1 Å². The second-order valence-corrected chi connectivity index (χ2v) is 3.95. The predicted octanol–water partition coefficient (Wildman–Crippen LogP) is 3.66. The molecule has 0 radical (unpaired) electrons. The van der Waals surface area contributed by atoms with E-state index in [0.717, 1.165) is 12.8 Å². The largest absolute Gasteiger partial charge is 0.508 e. The van der Waals surface area contributed by atoms with Gasteiger partial charge in [-0.2, -0.15) is 0 Å². The summed E-state index contributed by atoms with van der Waals surface area (Å²) >= 11 is 5.90. The van der Waals surface area contributed by atoms with Gasteiger partial charge in [-0.1, -0.05) is 25.4 Å². The molecular formula is C12H15ClO2. The van der Waals surface area contributed by atoms with Crippen LogP contribution >= 0.6 is 11.6 Å². The summed E-state index contributed by atoms with van der Waals surface area (Å²) < 4.78 is 0. The smallest absolute Gasteiger partial charge is 0.167 e. The van der Waals surface area contributed by atoms with Gasteiger partial charge in [-0.05, 0) is 31.0 Å². The molecule has 1 aromatic carbocycles. The number of ketones is 1. The lowest BCUT2D eigenvalue weighted by Crippen LogP contribution is -2.13. The number of halogens is 1. The Morgan fingerprint density at radius 1 is 1.40 bits per heavy atom. The summed E-state index contributed by atoms with van der Waals surface area (Å²) in [5, 5.41) is 9.50. The highest BCUT2D eigenvalue weighted by Gasteiger charge is 2.18. The van der Waals surface area contributed by atoms with Crippen molar-refractivity contribution < 1.29 is 9.90 Å². The molecule has 0 saturated heterocycles. The van der Waals surface area contributed by atoms with Crippen LogP contribution in [0.2, 0.25) is 5.02 Å². The van der Waals surface area contributed by atoms with Gasteiger partial charge in [0.2, 0.25) is 0 Å². The Hall–Kier alpha value is -1.02. The Morgan fingerprint density at radius 2 is 2.00 bits per heavy atom. The predicted molar refractivity (Wildman–Crippen MR) is 61.5 cm³/mol. The van der Waals surface area contributed by atoms with E-state index in [4.69, 9.17) is 11.6 Å². The first-order chi connectivity index (χ1) is 7.10. The second kappa shape index (κ2) is 5.17. The van der Waals surface area contributed by atoms with Gasteiger partial charge in [-0.25, -0.2) is 0 Å².